The first-order chi connectivity index (χ1) is 8.81. The van der Waals surface area contributed by atoms with Crippen molar-refractivity contribution in [3.05, 3.63) is 59.7 Å². The first kappa shape index (κ1) is 10.8. The van der Waals surface area contributed by atoms with Crippen LogP contribution in [0.4, 0.5) is 5.95 Å². The van der Waals surface area contributed by atoms with Crippen molar-refractivity contribution in [2.45, 2.75) is 13.5 Å². The Morgan fingerprint density at radius 3 is 2.78 bits per heavy atom. The quantitative estimate of drug-likeness (QED) is 0.732. The van der Waals surface area contributed by atoms with Gasteiger partial charge in [-0.05, 0) is 30.2 Å². The van der Waals surface area contributed by atoms with E-state index in [0.717, 1.165) is 23.5 Å². The van der Waals surface area contributed by atoms with Gasteiger partial charge in [0.2, 0.25) is 5.95 Å². The van der Waals surface area contributed by atoms with Crippen LogP contribution >= 0.6 is 0 Å². The summed E-state index contributed by atoms with van der Waals surface area (Å²) < 4.78 is 0. The fourth-order valence-corrected chi connectivity index (χ4v) is 1.99. The number of aromatic amines is 1. The number of aromatic nitrogens is 2. The van der Waals surface area contributed by atoms with Crippen molar-refractivity contribution in [2.75, 3.05) is 5.32 Å². The summed E-state index contributed by atoms with van der Waals surface area (Å²) in [5, 5.41) is 3.30. The molecule has 18 heavy (non-hydrogen) atoms. The summed E-state index contributed by atoms with van der Waals surface area (Å²) in [4.78, 5) is 7.79. The third kappa shape index (κ3) is 2.20. The van der Waals surface area contributed by atoms with Crippen LogP contribution in [0, 0.1) is 6.92 Å². The van der Waals surface area contributed by atoms with E-state index in [1.54, 1.807) is 0 Å². The van der Waals surface area contributed by atoms with Gasteiger partial charge in [0, 0.05) is 6.54 Å². The topological polar surface area (TPSA) is 40.7 Å². The first-order valence-electron chi connectivity index (χ1n) is 6.05. The number of imidazole rings is 1. The molecule has 0 spiro atoms. The Kier molecular flexibility index (Phi) is 2.73. The molecule has 3 aromatic rings. The Hall–Kier alpha value is -2.29. The molecule has 0 aliphatic carbocycles. The number of fused-ring (bicyclic) bond motifs is 1. The first-order valence-corrected chi connectivity index (χ1v) is 6.05. The lowest BCUT2D eigenvalue weighted by atomic mass is 10.2. The predicted molar refractivity (Wildman–Crippen MR) is 74.6 cm³/mol. The third-order valence-corrected chi connectivity index (χ3v) is 2.94. The van der Waals surface area contributed by atoms with Crippen molar-refractivity contribution in [3.63, 3.8) is 0 Å². The van der Waals surface area contributed by atoms with Gasteiger partial charge in [-0.2, -0.15) is 0 Å². The van der Waals surface area contributed by atoms with E-state index in [1.807, 2.05) is 24.3 Å². The van der Waals surface area contributed by atoms with E-state index in [1.165, 1.54) is 11.1 Å². The summed E-state index contributed by atoms with van der Waals surface area (Å²) in [5.74, 6) is 0.819. The molecule has 1 aromatic heterocycles. The maximum Gasteiger partial charge on any atom is 0.201 e. The summed E-state index contributed by atoms with van der Waals surface area (Å²) in [7, 11) is 0. The van der Waals surface area contributed by atoms with Gasteiger partial charge in [-0.1, -0.05) is 36.4 Å². The minimum absolute atomic E-state index is 0.777. The Labute approximate surface area is 106 Å². The highest BCUT2D eigenvalue weighted by Gasteiger charge is 2.02. The Morgan fingerprint density at radius 1 is 1.11 bits per heavy atom. The number of rotatable bonds is 3. The molecular weight excluding hydrogens is 222 g/mol. The van der Waals surface area contributed by atoms with Crippen molar-refractivity contribution in [3.8, 4) is 0 Å². The molecule has 1 heterocycles. The van der Waals surface area contributed by atoms with Gasteiger partial charge in [-0.15, -0.1) is 0 Å². The van der Waals surface area contributed by atoms with E-state index in [-0.39, 0.29) is 0 Å². The maximum absolute atomic E-state index is 4.50. The molecule has 0 bridgehead atoms. The van der Waals surface area contributed by atoms with E-state index >= 15 is 0 Å². The monoisotopic (exact) mass is 237 g/mol. The minimum atomic E-state index is 0.777. The van der Waals surface area contributed by atoms with E-state index in [9.17, 15) is 0 Å². The summed E-state index contributed by atoms with van der Waals surface area (Å²) >= 11 is 0. The van der Waals surface area contributed by atoms with Gasteiger partial charge in [0.15, 0.2) is 0 Å². The fourth-order valence-electron chi connectivity index (χ4n) is 1.99. The lowest BCUT2D eigenvalue weighted by Crippen LogP contribution is -2.00. The van der Waals surface area contributed by atoms with Gasteiger partial charge >= 0.3 is 0 Å². The van der Waals surface area contributed by atoms with Gasteiger partial charge in [-0.3, -0.25) is 0 Å². The molecule has 0 aliphatic rings. The van der Waals surface area contributed by atoms with Crippen LogP contribution in [-0.2, 0) is 6.54 Å². The molecule has 0 unspecified atom stereocenters. The van der Waals surface area contributed by atoms with Crippen LogP contribution in [0.3, 0.4) is 0 Å². The zero-order valence-corrected chi connectivity index (χ0v) is 10.3. The second kappa shape index (κ2) is 4.53. The Morgan fingerprint density at radius 2 is 1.94 bits per heavy atom. The molecule has 0 amide bonds. The van der Waals surface area contributed by atoms with E-state index in [4.69, 9.17) is 0 Å². The predicted octanol–water partition coefficient (Wildman–Crippen LogP) is 3.48. The molecule has 0 saturated heterocycles. The maximum atomic E-state index is 4.50. The van der Waals surface area contributed by atoms with Crippen LogP contribution in [0.15, 0.2) is 48.5 Å². The number of nitrogens with one attached hydrogen (secondary N) is 2. The molecule has 3 nitrogen and oxygen atoms in total. The SMILES string of the molecule is Cc1ccc2nc(NCc3ccccc3)[nH]c2c1. The number of hydrogen-bond donors (Lipinski definition) is 2. The van der Waals surface area contributed by atoms with Crippen molar-refractivity contribution >= 4 is 17.0 Å². The highest BCUT2D eigenvalue weighted by molar-refractivity contribution is 5.78. The zero-order valence-electron chi connectivity index (χ0n) is 10.3. The van der Waals surface area contributed by atoms with Crippen LogP contribution in [-0.4, -0.2) is 9.97 Å². The summed E-state index contributed by atoms with van der Waals surface area (Å²) in [5.41, 5.74) is 4.55. The number of anilines is 1. The highest BCUT2D eigenvalue weighted by atomic mass is 15.1. The largest absolute Gasteiger partial charge is 0.352 e. The number of H-pyrrole nitrogens is 1. The summed E-state index contributed by atoms with van der Waals surface area (Å²) in [6.45, 7) is 2.86. The van der Waals surface area contributed by atoms with Crippen molar-refractivity contribution in [1.29, 1.82) is 0 Å². The molecule has 0 saturated carbocycles. The summed E-state index contributed by atoms with van der Waals surface area (Å²) in [6.07, 6.45) is 0. The number of nitrogens with zero attached hydrogens (tertiary/aromatic N) is 1. The van der Waals surface area contributed by atoms with Gasteiger partial charge in [0.25, 0.3) is 0 Å². The molecule has 3 rings (SSSR count). The lowest BCUT2D eigenvalue weighted by Gasteiger charge is -2.01. The van der Waals surface area contributed by atoms with Gasteiger partial charge < -0.3 is 10.3 Å². The van der Waals surface area contributed by atoms with Crippen LogP contribution in [0.25, 0.3) is 11.0 Å². The van der Waals surface area contributed by atoms with Gasteiger partial charge in [0.1, 0.15) is 0 Å². The number of aryl methyl sites for hydroxylation is 1. The average molecular weight is 237 g/mol. The van der Waals surface area contributed by atoms with Crippen LogP contribution in [0.2, 0.25) is 0 Å². The molecular formula is C15H15N3. The van der Waals surface area contributed by atoms with Gasteiger partial charge in [-0.25, -0.2) is 4.98 Å². The molecule has 90 valence electrons. The van der Waals surface area contributed by atoms with Crippen LogP contribution in [0.5, 0.6) is 0 Å². The average Bonchev–Trinajstić information content (AvgIpc) is 2.79. The normalized spacial score (nSPS) is 10.7. The molecule has 0 radical (unpaired) electrons. The molecule has 0 fully saturated rings. The minimum Gasteiger partial charge on any atom is -0.352 e. The van der Waals surface area contributed by atoms with Crippen molar-refractivity contribution in [2.24, 2.45) is 0 Å². The molecule has 0 atom stereocenters. The van der Waals surface area contributed by atoms with E-state index < -0.39 is 0 Å². The number of benzene rings is 2. The molecule has 2 aromatic carbocycles. The van der Waals surface area contributed by atoms with Crippen LogP contribution in [0.1, 0.15) is 11.1 Å². The van der Waals surface area contributed by atoms with Crippen molar-refractivity contribution < 1.29 is 0 Å². The second-order valence-corrected chi connectivity index (χ2v) is 4.45. The second-order valence-electron chi connectivity index (χ2n) is 4.45. The lowest BCUT2D eigenvalue weighted by molar-refractivity contribution is 1.10. The molecule has 3 heteroatoms. The fraction of sp³-hybridized carbons (Fsp3) is 0.133. The van der Waals surface area contributed by atoms with Crippen LogP contribution < -0.4 is 5.32 Å². The summed E-state index contributed by atoms with van der Waals surface area (Å²) in [6, 6.07) is 16.5. The third-order valence-electron chi connectivity index (χ3n) is 2.94. The van der Waals surface area contributed by atoms with Gasteiger partial charge in [0.05, 0.1) is 11.0 Å². The molecule has 2 N–H and O–H groups in total. The Bertz CT molecular complexity index is 656. The smallest absolute Gasteiger partial charge is 0.201 e. The Balaban J connectivity index is 1.79. The standard InChI is InChI=1S/C15H15N3/c1-11-7-8-13-14(9-11)18-15(17-13)16-10-12-5-3-2-4-6-12/h2-9H,10H2,1H3,(H2,16,17,18). The molecule has 0 aliphatic heterocycles. The van der Waals surface area contributed by atoms with E-state index in [0.29, 0.717) is 0 Å². The zero-order chi connectivity index (χ0) is 12.4. The highest BCUT2D eigenvalue weighted by Crippen LogP contribution is 2.16. The van der Waals surface area contributed by atoms with E-state index in [2.05, 4.69) is 46.5 Å². The number of hydrogen-bond acceptors (Lipinski definition) is 2. The van der Waals surface area contributed by atoms with Crippen molar-refractivity contribution in [1.82, 2.24) is 9.97 Å².